The number of carbonyl (C=O) groups is 1. The molecule has 4 rings (SSSR count). The molecule has 2 aromatic carbocycles. The Morgan fingerprint density at radius 2 is 1.87 bits per heavy atom. The summed E-state index contributed by atoms with van der Waals surface area (Å²) < 4.78 is 17.4. The molecule has 0 unspecified atom stereocenters. The molecule has 0 bridgehead atoms. The van der Waals surface area contributed by atoms with Gasteiger partial charge in [0, 0.05) is 16.0 Å². The lowest BCUT2D eigenvalue weighted by atomic mass is 9.83. The number of esters is 1. The average molecular weight is 375 g/mol. The van der Waals surface area contributed by atoms with Crippen molar-refractivity contribution >= 4 is 21.9 Å². The summed E-state index contributed by atoms with van der Waals surface area (Å²) in [5, 5.41) is 0. The SMILES string of the molecule is Cc1cc2c(c(C)c1Br)[C@H](c1ccc3c(c1)OCO3)CC(=O)O2. The van der Waals surface area contributed by atoms with E-state index in [1.807, 2.05) is 31.2 Å². The van der Waals surface area contributed by atoms with Crippen LogP contribution in [0.15, 0.2) is 28.7 Å². The topological polar surface area (TPSA) is 44.8 Å². The van der Waals surface area contributed by atoms with Crippen LogP contribution in [0.4, 0.5) is 0 Å². The number of hydrogen-bond acceptors (Lipinski definition) is 4. The molecular weight excluding hydrogens is 360 g/mol. The second-order valence-corrected chi connectivity index (χ2v) is 6.68. The van der Waals surface area contributed by atoms with Crippen molar-refractivity contribution in [2.45, 2.75) is 26.2 Å². The lowest BCUT2D eigenvalue weighted by Gasteiger charge is -2.28. The molecular formula is C18H15BrO4. The first-order valence-corrected chi connectivity index (χ1v) is 8.23. The summed E-state index contributed by atoms with van der Waals surface area (Å²) in [5.41, 5.74) is 4.25. The lowest BCUT2D eigenvalue weighted by molar-refractivity contribution is -0.135. The molecule has 0 N–H and O–H groups in total. The van der Waals surface area contributed by atoms with Gasteiger partial charge in [-0.05, 0) is 48.7 Å². The normalized spacial score (nSPS) is 18.6. The second kappa shape index (κ2) is 5.27. The molecule has 0 fully saturated rings. The number of carbonyl (C=O) groups excluding carboxylic acids is 1. The lowest BCUT2D eigenvalue weighted by Crippen LogP contribution is -2.22. The summed E-state index contributed by atoms with van der Waals surface area (Å²) in [4.78, 5) is 12.1. The van der Waals surface area contributed by atoms with E-state index in [9.17, 15) is 4.79 Å². The molecule has 2 aromatic rings. The van der Waals surface area contributed by atoms with Gasteiger partial charge in [0.15, 0.2) is 11.5 Å². The Morgan fingerprint density at radius 3 is 2.70 bits per heavy atom. The Balaban J connectivity index is 1.88. The molecule has 0 saturated heterocycles. The second-order valence-electron chi connectivity index (χ2n) is 5.89. The number of halogens is 1. The van der Waals surface area contributed by atoms with Crippen molar-refractivity contribution < 1.29 is 19.0 Å². The Bertz CT molecular complexity index is 828. The van der Waals surface area contributed by atoms with Crippen molar-refractivity contribution in [3.63, 3.8) is 0 Å². The molecule has 0 radical (unpaired) electrons. The number of benzene rings is 2. The molecule has 0 aliphatic carbocycles. The minimum Gasteiger partial charge on any atom is -0.454 e. The molecule has 0 spiro atoms. The van der Waals surface area contributed by atoms with E-state index in [1.54, 1.807) is 0 Å². The van der Waals surface area contributed by atoms with Crippen molar-refractivity contribution in [3.05, 3.63) is 51.0 Å². The van der Waals surface area contributed by atoms with E-state index in [0.29, 0.717) is 12.2 Å². The molecule has 118 valence electrons. The van der Waals surface area contributed by atoms with Crippen LogP contribution >= 0.6 is 15.9 Å². The van der Waals surface area contributed by atoms with Crippen molar-refractivity contribution in [1.29, 1.82) is 0 Å². The van der Waals surface area contributed by atoms with Gasteiger partial charge >= 0.3 is 5.97 Å². The zero-order chi connectivity index (χ0) is 16.1. The van der Waals surface area contributed by atoms with E-state index in [-0.39, 0.29) is 18.7 Å². The third-order valence-corrected chi connectivity index (χ3v) is 5.65. The van der Waals surface area contributed by atoms with E-state index in [0.717, 1.165) is 38.2 Å². The Morgan fingerprint density at radius 1 is 1.09 bits per heavy atom. The number of rotatable bonds is 1. The molecule has 4 nitrogen and oxygen atoms in total. The molecule has 0 saturated carbocycles. The minimum absolute atomic E-state index is 0.0438. The highest BCUT2D eigenvalue weighted by Gasteiger charge is 2.32. The van der Waals surface area contributed by atoms with Crippen LogP contribution in [-0.4, -0.2) is 12.8 Å². The maximum atomic E-state index is 12.1. The van der Waals surface area contributed by atoms with Crippen LogP contribution in [0.5, 0.6) is 17.2 Å². The first-order valence-electron chi connectivity index (χ1n) is 7.44. The summed E-state index contributed by atoms with van der Waals surface area (Å²) in [6, 6.07) is 7.77. The first-order chi connectivity index (χ1) is 11.0. The zero-order valence-corrected chi connectivity index (χ0v) is 14.4. The van der Waals surface area contributed by atoms with Crippen molar-refractivity contribution in [2.24, 2.45) is 0 Å². The summed E-state index contributed by atoms with van der Waals surface area (Å²) in [7, 11) is 0. The Kier molecular flexibility index (Phi) is 3.34. The predicted octanol–water partition coefficient (Wildman–Crippen LogP) is 4.24. The van der Waals surface area contributed by atoms with Gasteiger partial charge in [-0.15, -0.1) is 0 Å². The summed E-state index contributed by atoms with van der Waals surface area (Å²) in [5.74, 6) is 1.88. The molecule has 0 amide bonds. The van der Waals surface area contributed by atoms with Crippen LogP contribution in [0.25, 0.3) is 0 Å². The van der Waals surface area contributed by atoms with Crippen molar-refractivity contribution in [2.75, 3.05) is 6.79 Å². The van der Waals surface area contributed by atoms with Gasteiger partial charge in [-0.2, -0.15) is 0 Å². The van der Waals surface area contributed by atoms with E-state index < -0.39 is 0 Å². The highest BCUT2D eigenvalue weighted by atomic mass is 79.9. The molecule has 2 heterocycles. The fourth-order valence-corrected chi connectivity index (χ4v) is 3.63. The standard InChI is InChI=1S/C18H15BrO4/c1-9-5-15-17(10(2)18(9)19)12(7-16(20)23-15)11-3-4-13-14(6-11)22-8-21-13/h3-6,12H,7-8H2,1-2H3/t12-/m0/s1. The van der Waals surface area contributed by atoms with Crippen LogP contribution in [-0.2, 0) is 4.79 Å². The van der Waals surface area contributed by atoms with Crippen LogP contribution in [0.1, 0.15) is 34.6 Å². The summed E-state index contributed by atoms with van der Waals surface area (Å²) in [6.07, 6.45) is 0.322. The van der Waals surface area contributed by atoms with Gasteiger partial charge in [0.05, 0.1) is 6.42 Å². The van der Waals surface area contributed by atoms with Gasteiger partial charge < -0.3 is 14.2 Å². The molecule has 0 aromatic heterocycles. The molecule has 5 heteroatoms. The van der Waals surface area contributed by atoms with Gasteiger partial charge in [0.2, 0.25) is 6.79 Å². The number of ether oxygens (including phenoxy) is 3. The van der Waals surface area contributed by atoms with Gasteiger partial charge in [0.1, 0.15) is 5.75 Å². The average Bonchev–Trinajstić information content (AvgIpc) is 2.99. The van der Waals surface area contributed by atoms with Gasteiger partial charge in [-0.25, -0.2) is 0 Å². The van der Waals surface area contributed by atoms with E-state index in [1.165, 1.54) is 0 Å². The number of hydrogen-bond donors (Lipinski definition) is 0. The third kappa shape index (κ3) is 2.30. The fraction of sp³-hybridized carbons (Fsp3) is 0.278. The maximum absolute atomic E-state index is 12.1. The van der Waals surface area contributed by atoms with Crippen LogP contribution < -0.4 is 14.2 Å². The maximum Gasteiger partial charge on any atom is 0.312 e. The van der Waals surface area contributed by atoms with Crippen molar-refractivity contribution in [3.8, 4) is 17.2 Å². The first kappa shape index (κ1) is 14.6. The zero-order valence-electron chi connectivity index (χ0n) is 12.8. The Labute approximate surface area is 142 Å². The smallest absolute Gasteiger partial charge is 0.312 e. The molecule has 23 heavy (non-hydrogen) atoms. The summed E-state index contributed by atoms with van der Waals surface area (Å²) in [6.45, 7) is 4.29. The third-order valence-electron chi connectivity index (χ3n) is 4.43. The fourth-order valence-electron chi connectivity index (χ4n) is 3.30. The molecule has 1 atom stereocenters. The monoisotopic (exact) mass is 374 g/mol. The van der Waals surface area contributed by atoms with E-state index in [2.05, 4.69) is 22.9 Å². The number of aryl methyl sites for hydroxylation is 1. The predicted molar refractivity (Wildman–Crippen MR) is 88.3 cm³/mol. The largest absolute Gasteiger partial charge is 0.454 e. The highest BCUT2D eigenvalue weighted by Crippen LogP contribution is 2.45. The van der Waals surface area contributed by atoms with Gasteiger partial charge in [-0.1, -0.05) is 22.0 Å². The van der Waals surface area contributed by atoms with Gasteiger partial charge in [0.25, 0.3) is 0 Å². The quantitative estimate of drug-likeness (QED) is 0.553. The molecule has 2 aliphatic heterocycles. The van der Waals surface area contributed by atoms with Crippen LogP contribution in [0, 0.1) is 13.8 Å². The van der Waals surface area contributed by atoms with E-state index >= 15 is 0 Å². The minimum atomic E-state index is -0.207. The van der Waals surface area contributed by atoms with Gasteiger partial charge in [-0.3, -0.25) is 4.79 Å². The highest BCUT2D eigenvalue weighted by molar-refractivity contribution is 9.10. The van der Waals surface area contributed by atoms with Crippen molar-refractivity contribution in [1.82, 2.24) is 0 Å². The van der Waals surface area contributed by atoms with E-state index in [4.69, 9.17) is 14.2 Å². The van der Waals surface area contributed by atoms with Crippen LogP contribution in [0.3, 0.4) is 0 Å². The van der Waals surface area contributed by atoms with Crippen LogP contribution in [0.2, 0.25) is 0 Å². The number of fused-ring (bicyclic) bond motifs is 2. The Hall–Kier alpha value is -2.01. The summed E-state index contributed by atoms with van der Waals surface area (Å²) >= 11 is 3.64. The molecule has 2 aliphatic rings.